The predicted octanol–water partition coefficient (Wildman–Crippen LogP) is 3.97. The molecule has 0 aliphatic rings. The van der Waals surface area contributed by atoms with Gasteiger partial charge in [0.05, 0.1) is 15.1 Å². The highest BCUT2D eigenvalue weighted by Crippen LogP contribution is 2.33. The van der Waals surface area contributed by atoms with Crippen molar-refractivity contribution in [3.8, 4) is 0 Å². The van der Waals surface area contributed by atoms with E-state index in [4.69, 9.17) is 11.6 Å². The molecular weight excluding hydrogens is 346 g/mol. The zero-order valence-electron chi connectivity index (χ0n) is 12.1. The molecule has 0 bridgehead atoms. The molecule has 0 saturated heterocycles. The summed E-state index contributed by atoms with van der Waals surface area (Å²) in [4.78, 5) is 2.24. The van der Waals surface area contributed by atoms with Gasteiger partial charge < -0.3 is 5.32 Å². The molecule has 0 aliphatic heterocycles. The molecule has 0 fully saturated rings. The molecule has 116 valence electrons. The molecule has 0 amide bonds. The van der Waals surface area contributed by atoms with Crippen LogP contribution in [-0.2, 0) is 9.84 Å². The van der Waals surface area contributed by atoms with Crippen molar-refractivity contribution in [2.75, 3.05) is 12.8 Å². The monoisotopic (exact) mass is 363 g/mol. The van der Waals surface area contributed by atoms with E-state index < -0.39 is 14.6 Å². The maximum atomic E-state index is 11.8. The molecule has 2 heterocycles. The van der Waals surface area contributed by atoms with E-state index in [1.165, 1.54) is 17.6 Å². The lowest BCUT2D eigenvalue weighted by atomic mass is 10.1. The second-order valence-electron chi connectivity index (χ2n) is 5.50. The fourth-order valence-electron chi connectivity index (χ4n) is 1.76. The van der Waals surface area contributed by atoms with Crippen LogP contribution in [0.5, 0.6) is 0 Å². The van der Waals surface area contributed by atoms with Gasteiger partial charge in [-0.15, -0.1) is 22.7 Å². The first kappa shape index (κ1) is 17.0. The summed E-state index contributed by atoms with van der Waals surface area (Å²) in [6, 6.07) is 7.86. The quantitative estimate of drug-likeness (QED) is 0.844. The summed E-state index contributed by atoms with van der Waals surface area (Å²) in [5.41, 5.74) is 0. The minimum Gasteiger partial charge on any atom is -0.303 e. The zero-order chi connectivity index (χ0) is 15.7. The number of nitrogens with one attached hydrogen (secondary N) is 1. The van der Waals surface area contributed by atoms with Gasteiger partial charge in [0.15, 0.2) is 9.84 Å². The van der Waals surface area contributed by atoms with Crippen LogP contribution in [0.15, 0.2) is 29.6 Å². The van der Waals surface area contributed by atoms with Crippen LogP contribution in [0.25, 0.3) is 0 Å². The lowest BCUT2D eigenvalue weighted by Gasteiger charge is -2.26. The van der Waals surface area contributed by atoms with Crippen LogP contribution in [0.1, 0.15) is 29.6 Å². The topological polar surface area (TPSA) is 46.2 Å². The molecule has 1 N–H and O–H groups in total. The van der Waals surface area contributed by atoms with Crippen LogP contribution in [0.4, 0.5) is 0 Å². The van der Waals surface area contributed by atoms with Gasteiger partial charge in [-0.3, -0.25) is 0 Å². The molecule has 0 radical (unpaired) electrons. The molecule has 1 atom stereocenters. The van der Waals surface area contributed by atoms with Gasteiger partial charge >= 0.3 is 0 Å². The predicted molar refractivity (Wildman–Crippen MR) is 92.4 cm³/mol. The minimum absolute atomic E-state index is 0.0245. The van der Waals surface area contributed by atoms with Gasteiger partial charge in [-0.1, -0.05) is 17.7 Å². The molecule has 7 heteroatoms. The lowest BCUT2D eigenvalue weighted by Crippen LogP contribution is -2.42. The van der Waals surface area contributed by atoms with Gasteiger partial charge in [-0.2, -0.15) is 0 Å². The average Bonchev–Trinajstić information content (AvgIpc) is 3.00. The highest BCUT2D eigenvalue weighted by molar-refractivity contribution is 7.92. The number of halogens is 1. The molecule has 0 aromatic carbocycles. The van der Waals surface area contributed by atoms with Crippen molar-refractivity contribution in [1.29, 1.82) is 0 Å². The van der Waals surface area contributed by atoms with E-state index in [1.54, 1.807) is 25.2 Å². The summed E-state index contributed by atoms with van der Waals surface area (Å²) >= 11 is 9.18. The summed E-state index contributed by atoms with van der Waals surface area (Å²) in [5, 5.41) is 5.40. The van der Waals surface area contributed by atoms with Crippen LogP contribution < -0.4 is 5.32 Å². The Morgan fingerprint density at radius 1 is 1.29 bits per heavy atom. The fourth-order valence-corrected chi connectivity index (χ4v) is 4.15. The third-order valence-corrected chi connectivity index (χ3v) is 7.83. The molecular formula is C14H18ClNO2S3. The van der Waals surface area contributed by atoms with Crippen LogP contribution in [0.3, 0.4) is 0 Å². The highest BCUT2D eigenvalue weighted by Gasteiger charge is 2.31. The Labute approximate surface area is 138 Å². The number of sulfone groups is 1. The molecule has 2 aromatic heterocycles. The molecule has 21 heavy (non-hydrogen) atoms. The zero-order valence-corrected chi connectivity index (χ0v) is 15.3. The van der Waals surface area contributed by atoms with E-state index in [2.05, 4.69) is 5.32 Å². The van der Waals surface area contributed by atoms with Gasteiger partial charge in [-0.05, 0) is 37.4 Å². The van der Waals surface area contributed by atoms with E-state index in [0.717, 1.165) is 14.1 Å². The molecule has 2 aromatic rings. The normalized spacial score (nSPS) is 14.3. The fraction of sp³-hybridized carbons (Fsp3) is 0.429. The number of thiophene rings is 2. The summed E-state index contributed by atoms with van der Waals surface area (Å²) in [5.74, 6) is 0. The smallest absolute Gasteiger partial charge is 0.153 e. The second kappa shape index (κ2) is 6.38. The van der Waals surface area contributed by atoms with Crippen LogP contribution in [0, 0.1) is 0 Å². The Morgan fingerprint density at radius 3 is 2.48 bits per heavy atom. The van der Waals surface area contributed by atoms with Crippen molar-refractivity contribution < 1.29 is 8.42 Å². The maximum Gasteiger partial charge on any atom is 0.153 e. The minimum atomic E-state index is -3.13. The SMILES string of the molecule is CC(C)(CNC(c1cccs1)c1ccc(Cl)s1)S(C)(=O)=O. The first-order valence-corrected chi connectivity index (χ1v) is 10.4. The Kier molecular flexibility index (Phi) is 5.15. The van der Waals surface area contributed by atoms with E-state index >= 15 is 0 Å². The number of rotatable bonds is 6. The van der Waals surface area contributed by atoms with Gasteiger partial charge in [0.25, 0.3) is 0 Å². The molecule has 0 saturated carbocycles. The average molecular weight is 364 g/mol. The van der Waals surface area contributed by atoms with Crippen molar-refractivity contribution in [2.24, 2.45) is 0 Å². The van der Waals surface area contributed by atoms with E-state index in [9.17, 15) is 8.42 Å². The third kappa shape index (κ3) is 4.07. The summed E-state index contributed by atoms with van der Waals surface area (Å²) in [7, 11) is -3.13. The van der Waals surface area contributed by atoms with Gasteiger partial charge in [0.1, 0.15) is 0 Å². The van der Waals surface area contributed by atoms with Crippen molar-refractivity contribution in [3.63, 3.8) is 0 Å². The van der Waals surface area contributed by atoms with Gasteiger partial charge in [0, 0.05) is 22.6 Å². The van der Waals surface area contributed by atoms with E-state index in [-0.39, 0.29) is 6.04 Å². The van der Waals surface area contributed by atoms with Crippen molar-refractivity contribution >= 4 is 44.1 Å². The Morgan fingerprint density at radius 2 is 2.00 bits per heavy atom. The summed E-state index contributed by atoms with van der Waals surface area (Å²) in [6.45, 7) is 3.86. The van der Waals surface area contributed by atoms with Crippen molar-refractivity contribution in [3.05, 3.63) is 43.7 Å². The molecule has 3 nitrogen and oxygen atoms in total. The highest BCUT2D eigenvalue weighted by atomic mass is 35.5. The van der Waals surface area contributed by atoms with Crippen molar-refractivity contribution in [1.82, 2.24) is 5.32 Å². The molecule has 0 spiro atoms. The summed E-state index contributed by atoms with van der Waals surface area (Å²) < 4.78 is 23.6. The Bertz CT molecular complexity index is 690. The van der Waals surface area contributed by atoms with Crippen LogP contribution >= 0.6 is 34.3 Å². The van der Waals surface area contributed by atoms with E-state index in [1.807, 2.05) is 29.6 Å². The van der Waals surface area contributed by atoms with E-state index in [0.29, 0.717) is 6.54 Å². The van der Waals surface area contributed by atoms with Gasteiger partial charge in [0.2, 0.25) is 0 Å². The lowest BCUT2D eigenvalue weighted by molar-refractivity contribution is 0.504. The van der Waals surface area contributed by atoms with Crippen molar-refractivity contribution in [2.45, 2.75) is 24.6 Å². The molecule has 1 unspecified atom stereocenters. The second-order valence-corrected chi connectivity index (χ2v) is 10.9. The Balaban J connectivity index is 2.23. The standard InChI is InChI=1S/C14H18ClNO2S3/c1-14(2,21(3,17)18)9-16-13(10-5-4-8-19-10)11-6-7-12(15)20-11/h4-8,13,16H,9H2,1-3H3. The molecule has 2 rings (SSSR count). The molecule has 0 aliphatic carbocycles. The van der Waals surface area contributed by atoms with Crippen LogP contribution in [0.2, 0.25) is 4.34 Å². The first-order chi connectivity index (χ1) is 9.71. The number of hydrogen-bond donors (Lipinski definition) is 1. The third-order valence-electron chi connectivity index (χ3n) is 3.44. The largest absolute Gasteiger partial charge is 0.303 e. The Hall–Kier alpha value is -0.400. The number of hydrogen-bond acceptors (Lipinski definition) is 5. The van der Waals surface area contributed by atoms with Crippen LogP contribution in [-0.4, -0.2) is 26.0 Å². The summed E-state index contributed by atoms with van der Waals surface area (Å²) in [6.07, 6.45) is 1.27. The first-order valence-electron chi connectivity index (χ1n) is 6.42. The maximum absolute atomic E-state index is 11.8. The van der Waals surface area contributed by atoms with Gasteiger partial charge in [-0.25, -0.2) is 8.42 Å².